The number of nitrogens with one attached hydrogen (secondary N) is 2. The molecule has 0 saturated carbocycles. The third-order valence-corrected chi connectivity index (χ3v) is 3.51. The van der Waals surface area contributed by atoms with Gasteiger partial charge in [-0.2, -0.15) is 0 Å². The van der Waals surface area contributed by atoms with Gasteiger partial charge in [-0.05, 0) is 19.1 Å². The van der Waals surface area contributed by atoms with E-state index in [1.807, 2.05) is 30.3 Å². The summed E-state index contributed by atoms with van der Waals surface area (Å²) in [5.41, 5.74) is 0.830. The normalized spacial score (nSPS) is 11.6. The van der Waals surface area contributed by atoms with Gasteiger partial charge in [0.25, 0.3) is 11.8 Å². The molecule has 2 amide bonds. The standard InChI is InChI=1S/C16H19ClN4O3/c1-11(15(23)19-9-8-14(22)18-2)24-16-13(17)10-21(20-16)12-6-4-3-5-7-12/h3-7,10-11H,8-9H2,1-2H3,(H,18,22)(H,19,23). The molecule has 0 saturated heterocycles. The number of amides is 2. The molecule has 0 radical (unpaired) electrons. The summed E-state index contributed by atoms with van der Waals surface area (Å²) in [6.07, 6.45) is 1.03. The highest BCUT2D eigenvalue weighted by Crippen LogP contribution is 2.24. The van der Waals surface area contributed by atoms with Gasteiger partial charge in [0.05, 0.1) is 11.9 Å². The number of aromatic nitrogens is 2. The number of para-hydroxylation sites is 1. The molecule has 8 heteroatoms. The lowest BCUT2D eigenvalue weighted by atomic mass is 10.3. The monoisotopic (exact) mass is 350 g/mol. The minimum Gasteiger partial charge on any atom is -0.462 e. The van der Waals surface area contributed by atoms with E-state index in [1.54, 1.807) is 24.9 Å². The first-order chi connectivity index (χ1) is 11.5. The molecule has 1 heterocycles. The third kappa shape index (κ3) is 4.73. The van der Waals surface area contributed by atoms with E-state index in [4.69, 9.17) is 16.3 Å². The molecular formula is C16H19ClN4O3. The Morgan fingerprint density at radius 3 is 2.71 bits per heavy atom. The molecule has 0 aliphatic carbocycles. The average molecular weight is 351 g/mol. The molecule has 0 bridgehead atoms. The molecule has 1 atom stereocenters. The summed E-state index contributed by atoms with van der Waals surface area (Å²) in [4.78, 5) is 23.1. The number of halogens is 1. The Hall–Kier alpha value is -2.54. The summed E-state index contributed by atoms with van der Waals surface area (Å²) in [5.74, 6) is -0.313. The quantitative estimate of drug-likeness (QED) is 0.793. The van der Waals surface area contributed by atoms with Gasteiger partial charge in [-0.3, -0.25) is 9.59 Å². The molecule has 1 unspecified atom stereocenters. The summed E-state index contributed by atoms with van der Waals surface area (Å²) in [7, 11) is 1.54. The van der Waals surface area contributed by atoms with Crippen LogP contribution in [0, 0.1) is 0 Å². The van der Waals surface area contributed by atoms with E-state index in [2.05, 4.69) is 15.7 Å². The number of nitrogens with zero attached hydrogens (tertiary/aromatic N) is 2. The smallest absolute Gasteiger partial charge is 0.260 e. The van der Waals surface area contributed by atoms with Gasteiger partial charge in [-0.1, -0.05) is 29.8 Å². The number of benzene rings is 1. The zero-order chi connectivity index (χ0) is 17.5. The highest BCUT2D eigenvalue weighted by molar-refractivity contribution is 6.31. The summed E-state index contributed by atoms with van der Waals surface area (Å²) in [5, 5.41) is 9.66. The lowest BCUT2D eigenvalue weighted by Gasteiger charge is -2.13. The zero-order valence-electron chi connectivity index (χ0n) is 13.5. The first kappa shape index (κ1) is 17.8. The van der Waals surface area contributed by atoms with Crippen LogP contribution in [0.25, 0.3) is 5.69 Å². The summed E-state index contributed by atoms with van der Waals surface area (Å²) in [6, 6.07) is 9.42. The van der Waals surface area contributed by atoms with Gasteiger partial charge in [-0.15, -0.1) is 5.10 Å². The van der Waals surface area contributed by atoms with Crippen molar-refractivity contribution in [1.29, 1.82) is 0 Å². The van der Waals surface area contributed by atoms with Crippen LogP contribution in [0.5, 0.6) is 5.88 Å². The van der Waals surface area contributed by atoms with Gasteiger partial charge < -0.3 is 15.4 Å². The lowest BCUT2D eigenvalue weighted by molar-refractivity contribution is -0.127. The maximum Gasteiger partial charge on any atom is 0.260 e. The van der Waals surface area contributed by atoms with Crippen molar-refractivity contribution in [1.82, 2.24) is 20.4 Å². The number of hydrogen-bond acceptors (Lipinski definition) is 4. The molecule has 7 nitrogen and oxygen atoms in total. The van der Waals surface area contributed by atoms with Gasteiger partial charge in [-0.25, -0.2) is 4.68 Å². The van der Waals surface area contributed by atoms with Crippen molar-refractivity contribution >= 4 is 23.4 Å². The Labute approximate surface area is 144 Å². The van der Waals surface area contributed by atoms with E-state index in [9.17, 15) is 9.59 Å². The SMILES string of the molecule is CNC(=O)CCNC(=O)C(C)Oc1nn(-c2ccccc2)cc1Cl. The predicted molar refractivity (Wildman–Crippen MR) is 90.4 cm³/mol. The van der Waals surface area contributed by atoms with Gasteiger partial charge in [0.1, 0.15) is 5.02 Å². The second kappa shape index (κ2) is 8.35. The van der Waals surface area contributed by atoms with E-state index in [0.29, 0.717) is 5.02 Å². The van der Waals surface area contributed by atoms with E-state index < -0.39 is 6.10 Å². The number of ether oxygens (including phenoxy) is 1. The van der Waals surface area contributed by atoms with Crippen LogP contribution in [0.2, 0.25) is 5.02 Å². The van der Waals surface area contributed by atoms with E-state index in [0.717, 1.165) is 5.69 Å². The highest BCUT2D eigenvalue weighted by atomic mass is 35.5. The van der Waals surface area contributed by atoms with Crippen molar-refractivity contribution in [2.45, 2.75) is 19.4 Å². The van der Waals surface area contributed by atoms with Crippen molar-refractivity contribution < 1.29 is 14.3 Å². The molecule has 0 aliphatic rings. The minimum atomic E-state index is -0.786. The fourth-order valence-corrected chi connectivity index (χ4v) is 2.09. The first-order valence-electron chi connectivity index (χ1n) is 7.46. The van der Waals surface area contributed by atoms with Crippen LogP contribution in [0.1, 0.15) is 13.3 Å². The third-order valence-electron chi connectivity index (χ3n) is 3.25. The molecule has 2 N–H and O–H groups in total. The van der Waals surface area contributed by atoms with Crippen molar-refractivity contribution in [2.24, 2.45) is 0 Å². The molecule has 24 heavy (non-hydrogen) atoms. The van der Waals surface area contributed by atoms with Crippen LogP contribution < -0.4 is 15.4 Å². The molecule has 0 fully saturated rings. The largest absolute Gasteiger partial charge is 0.462 e. The maximum absolute atomic E-state index is 12.0. The zero-order valence-corrected chi connectivity index (χ0v) is 14.2. The van der Waals surface area contributed by atoms with Crippen molar-refractivity contribution in [2.75, 3.05) is 13.6 Å². The van der Waals surface area contributed by atoms with Crippen LogP contribution in [0.3, 0.4) is 0 Å². The van der Waals surface area contributed by atoms with E-state index >= 15 is 0 Å². The van der Waals surface area contributed by atoms with E-state index in [-0.39, 0.29) is 30.7 Å². The fourth-order valence-electron chi connectivity index (χ4n) is 1.92. The van der Waals surface area contributed by atoms with Crippen molar-refractivity contribution in [3.05, 3.63) is 41.6 Å². The molecule has 0 spiro atoms. The van der Waals surface area contributed by atoms with Gasteiger partial charge in [0.2, 0.25) is 5.91 Å². The van der Waals surface area contributed by atoms with Crippen molar-refractivity contribution in [3.63, 3.8) is 0 Å². The summed E-state index contributed by atoms with van der Waals surface area (Å²) >= 11 is 6.12. The molecule has 2 aromatic rings. The maximum atomic E-state index is 12.0. The predicted octanol–water partition coefficient (Wildman–Crippen LogP) is 1.55. The molecule has 1 aromatic carbocycles. The average Bonchev–Trinajstić information content (AvgIpc) is 2.96. The van der Waals surface area contributed by atoms with Crippen LogP contribution in [0.4, 0.5) is 0 Å². The molecule has 128 valence electrons. The lowest BCUT2D eigenvalue weighted by Crippen LogP contribution is -2.38. The van der Waals surface area contributed by atoms with Gasteiger partial charge in [0, 0.05) is 20.0 Å². The van der Waals surface area contributed by atoms with Crippen LogP contribution in [0.15, 0.2) is 36.5 Å². The number of rotatable bonds is 7. The molecule has 1 aromatic heterocycles. The fraction of sp³-hybridized carbons (Fsp3) is 0.312. The number of carbonyl (C=O) groups excluding carboxylic acids is 2. The summed E-state index contributed by atoms with van der Waals surface area (Å²) in [6.45, 7) is 1.82. The molecular weight excluding hydrogens is 332 g/mol. The van der Waals surface area contributed by atoms with E-state index in [1.165, 1.54) is 0 Å². The van der Waals surface area contributed by atoms with Crippen LogP contribution in [-0.2, 0) is 9.59 Å². The molecule has 0 aliphatic heterocycles. The molecule has 2 rings (SSSR count). The van der Waals surface area contributed by atoms with Gasteiger partial charge in [0.15, 0.2) is 6.10 Å². The van der Waals surface area contributed by atoms with Crippen molar-refractivity contribution in [3.8, 4) is 11.6 Å². The number of hydrogen-bond donors (Lipinski definition) is 2. The Balaban J connectivity index is 1.94. The number of carbonyl (C=O) groups is 2. The first-order valence-corrected chi connectivity index (χ1v) is 7.84. The Bertz CT molecular complexity index is 703. The van der Waals surface area contributed by atoms with Gasteiger partial charge >= 0.3 is 0 Å². The highest BCUT2D eigenvalue weighted by Gasteiger charge is 2.18. The Morgan fingerprint density at radius 1 is 1.33 bits per heavy atom. The summed E-state index contributed by atoms with van der Waals surface area (Å²) < 4.78 is 7.09. The second-order valence-electron chi connectivity index (χ2n) is 5.04. The topological polar surface area (TPSA) is 85.2 Å². The Morgan fingerprint density at radius 2 is 2.04 bits per heavy atom. The minimum absolute atomic E-state index is 0.145. The Kier molecular flexibility index (Phi) is 6.20. The second-order valence-corrected chi connectivity index (χ2v) is 5.44. The van der Waals surface area contributed by atoms with Crippen LogP contribution >= 0.6 is 11.6 Å². The van der Waals surface area contributed by atoms with Crippen LogP contribution in [-0.4, -0.2) is 41.3 Å².